The second-order valence-electron chi connectivity index (χ2n) is 7.71. The first-order valence-corrected chi connectivity index (χ1v) is 11.2. The Morgan fingerprint density at radius 3 is 1.75 bits per heavy atom. The number of nitrogens with zero attached hydrogens (tertiary/aromatic N) is 1. The Labute approximate surface area is 206 Å². The van der Waals surface area contributed by atoms with Gasteiger partial charge in [0.1, 0.15) is 18.8 Å². The third-order valence-corrected chi connectivity index (χ3v) is 4.73. The molecule has 15 heteroatoms. The van der Waals surface area contributed by atoms with E-state index in [-0.39, 0.29) is 13.2 Å². The number of hydrogen-bond acceptors (Lipinski definition) is 14. The summed E-state index contributed by atoms with van der Waals surface area (Å²) in [4.78, 5) is 77.0. The summed E-state index contributed by atoms with van der Waals surface area (Å²) in [5, 5.41) is 10.0. The fourth-order valence-corrected chi connectivity index (χ4v) is 3.45. The van der Waals surface area contributed by atoms with Crippen LogP contribution in [0.25, 0.3) is 0 Å². The quantitative estimate of drug-likeness (QED) is 0.107. The molecule has 0 aromatic carbocycles. The molecule has 1 rings (SSSR count). The van der Waals surface area contributed by atoms with E-state index in [1.54, 1.807) is 13.8 Å². The van der Waals surface area contributed by atoms with Gasteiger partial charge in [-0.1, -0.05) is 13.8 Å². The van der Waals surface area contributed by atoms with Crippen molar-refractivity contribution in [3.63, 3.8) is 0 Å². The molecule has 0 N–H and O–H groups in total. The van der Waals surface area contributed by atoms with Gasteiger partial charge in [-0.15, -0.1) is 10.1 Å². The molecule has 0 bridgehead atoms. The van der Waals surface area contributed by atoms with Crippen molar-refractivity contribution in [2.75, 3.05) is 19.8 Å². The van der Waals surface area contributed by atoms with Crippen molar-refractivity contribution in [2.24, 2.45) is 11.8 Å². The summed E-state index contributed by atoms with van der Waals surface area (Å²) in [5.41, 5.74) is 0. The largest absolute Gasteiger partial charge is 0.465 e. The SMILES string of the molecule is CCCOC(=O)C(C(=O)OCCC)[C@H]1[C@@H](O[N+](=O)[O-])O[C@H](COC(C)=O)[C@H](OC(C)=O)[C@@H]1OC(C)=O. The lowest BCUT2D eigenvalue weighted by Crippen LogP contribution is -2.63. The van der Waals surface area contributed by atoms with E-state index in [9.17, 15) is 34.1 Å². The Bertz CT molecular complexity index is 794. The third kappa shape index (κ3) is 9.28. The van der Waals surface area contributed by atoms with Gasteiger partial charge in [-0.3, -0.25) is 28.8 Å². The van der Waals surface area contributed by atoms with Gasteiger partial charge in [0.05, 0.1) is 19.1 Å². The molecule has 0 radical (unpaired) electrons. The molecule has 0 saturated carbocycles. The van der Waals surface area contributed by atoms with Crippen molar-refractivity contribution in [3.05, 3.63) is 10.1 Å². The number of carbonyl (C=O) groups is 5. The number of esters is 5. The van der Waals surface area contributed by atoms with Gasteiger partial charge < -0.3 is 28.4 Å². The molecule has 1 heterocycles. The highest BCUT2D eigenvalue weighted by atomic mass is 17.0. The van der Waals surface area contributed by atoms with Crippen LogP contribution in [0.3, 0.4) is 0 Å². The molecule has 0 unspecified atom stereocenters. The average Bonchev–Trinajstić information content (AvgIpc) is 2.77. The van der Waals surface area contributed by atoms with Crippen LogP contribution >= 0.6 is 0 Å². The van der Waals surface area contributed by atoms with Gasteiger partial charge in [0, 0.05) is 20.8 Å². The van der Waals surface area contributed by atoms with Crippen LogP contribution in [0.5, 0.6) is 0 Å². The minimum Gasteiger partial charge on any atom is -0.465 e. The maximum atomic E-state index is 13.0. The van der Waals surface area contributed by atoms with Gasteiger partial charge in [-0.2, -0.15) is 0 Å². The summed E-state index contributed by atoms with van der Waals surface area (Å²) in [5.74, 6) is -8.60. The molecule has 36 heavy (non-hydrogen) atoms. The first kappa shape index (κ1) is 30.5. The maximum absolute atomic E-state index is 13.0. The lowest BCUT2D eigenvalue weighted by Gasteiger charge is -2.45. The number of carbonyl (C=O) groups excluding carboxylic acids is 5. The predicted octanol–water partition coefficient (Wildman–Crippen LogP) is 0.485. The highest BCUT2D eigenvalue weighted by Gasteiger charge is 2.58. The summed E-state index contributed by atoms with van der Waals surface area (Å²) in [7, 11) is 0. The molecule has 1 aliphatic rings. The molecule has 15 nitrogen and oxygen atoms in total. The van der Waals surface area contributed by atoms with Crippen LogP contribution in [0.15, 0.2) is 0 Å². The zero-order valence-electron chi connectivity index (χ0n) is 20.7. The van der Waals surface area contributed by atoms with E-state index in [1.807, 2.05) is 0 Å². The van der Waals surface area contributed by atoms with Crippen molar-refractivity contribution >= 4 is 29.8 Å². The molecule has 0 spiro atoms. The summed E-state index contributed by atoms with van der Waals surface area (Å²) in [6.07, 6.45) is -5.98. The van der Waals surface area contributed by atoms with Crippen molar-refractivity contribution in [1.29, 1.82) is 0 Å². The summed E-state index contributed by atoms with van der Waals surface area (Å²) in [6, 6.07) is 0. The van der Waals surface area contributed by atoms with Crippen molar-refractivity contribution in [2.45, 2.75) is 72.1 Å². The topological polar surface area (TPSA) is 193 Å². The molecule has 1 aliphatic heterocycles. The Kier molecular flexibility index (Phi) is 12.6. The number of hydrogen-bond donors (Lipinski definition) is 0. The van der Waals surface area contributed by atoms with Gasteiger partial charge in [0.15, 0.2) is 12.0 Å². The molecular formula is C21H31NO14. The minimum atomic E-state index is -2.02. The summed E-state index contributed by atoms with van der Waals surface area (Å²) < 4.78 is 31.2. The standard InChI is InChI=1S/C21H31NO14/c1-6-8-30-19(26)16(20(27)31-9-7-2)15-18(34-13(5)25)17(33-12(4)24)14(10-32-11(3)23)35-21(15)36-22(28)29/h14-18,21H,6-10H2,1-5H3/t14-,15-,17+,18-,21-/m1/s1. The maximum Gasteiger partial charge on any atom is 0.320 e. The monoisotopic (exact) mass is 521 g/mol. The molecular weight excluding hydrogens is 490 g/mol. The number of ether oxygens (including phenoxy) is 6. The first-order chi connectivity index (χ1) is 16.9. The van der Waals surface area contributed by atoms with Crippen LogP contribution < -0.4 is 0 Å². The zero-order valence-corrected chi connectivity index (χ0v) is 20.7. The van der Waals surface area contributed by atoms with E-state index in [4.69, 9.17) is 28.4 Å². The Morgan fingerprint density at radius 2 is 1.33 bits per heavy atom. The van der Waals surface area contributed by atoms with Crippen molar-refractivity contribution < 1.29 is 62.3 Å². The first-order valence-electron chi connectivity index (χ1n) is 11.2. The number of rotatable bonds is 13. The normalized spacial score (nSPS) is 23.2. The van der Waals surface area contributed by atoms with Crippen LogP contribution in [0, 0.1) is 22.0 Å². The Balaban J connectivity index is 3.68. The molecule has 0 aromatic heterocycles. The van der Waals surface area contributed by atoms with Crippen molar-refractivity contribution in [3.8, 4) is 0 Å². The highest BCUT2D eigenvalue weighted by molar-refractivity contribution is 5.95. The van der Waals surface area contributed by atoms with E-state index >= 15 is 0 Å². The molecule has 5 atom stereocenters. The fourth-order valence-electron chi connectivity index (χ4n) is 3.45. The van der Waals surface area contributed by atoms with Gasteiger partial charge in [0.25, 0.3) is 5.09 Å². The molecule has 0 amide bonds. The molecule has 1 saturated heterocycles. The smallest absolute Gasteiger partial charge is 0.320 e. The second kappa shape index (κ2) is 14.8. The fraction of sp³-hybridized carbons (Fsp3) is 0.762. The van der Waals surface area contributed by atoms with Gasteiger partial charge >= 0.3 is 29.8 Å². The van der Waals surface area contributed by atoms with Crippen LogP contribution in [0.4, 0.5) is 0 Å². The lowest BCUT2D eigenvalue weighted by atomic mass is 9.80. The highest BCUT2D eigenvalue weighted by Crippen LogP contribution is 2.38. The second-order valence-corrected chi connectivity index (χ2v) is 7.71. The molecule has 0 aliphatic carbocycles. The van der Waals surface area contributed by atoms with Crippen molar-refractivity contribution in [1.82, 2.24) is 0 Å². The summed E-state index contributed by atoms with van der Waals surface area (Å²) >= 11 is 0. The lowest BCUT2D eigenvalue weighted by molar-refractivity contribution is -0.786. The Hall–Kier alpha value is -3.49. The van der Waals surface area contributed by atoms with Crippen LogP contribution in [0.1, 0.15) is 47.5 Å². The minimum absolute atomic E-state index is 0.106. The van der Waals surface area contributed by atoms with Crippen LogP contribution in [-0.2, 0) is 57.2 Å². The van der Waals surface area contributed by atoms with E-state index < -0.39 is 78.0 Å². The molecule has 0 aromatic rings. The third-order valence-electron chi connectivity index (χ3n) is 4.73. The van der Waals surface area contributed by atoms with Crippen LogP contribution in [0.2, 0.25) is 0 Å². The van der Waals surface area contributed by atoms with Gasteiger partial charge in [-0.25, -0.2) is 0 Å². The van der Waals surface area contributed by atoms with E-state index in [1.165, 1.54) is 0 Å². The Morgan fingerprint density at radius 1 is 0.833 bits per heavy atom. The molecule has 1 fully saturated rings. The average molecular weight is 521 g/mol. The van der Waals surface area contributed by atoms with Gasteiger partial charge in [0.2, 0.25) is 6.29 Å². The summed E-state index contributed by atoms with van der Waals surface area (Å²) in [6.45, 7) is 5.66. The predicted molar refractivity (Wildman–Crippen MR) is 114 cm³/mol. The van der Waals surface area contributed by atoms with E-state index in [0.717, 1.165) is 20.8 Å². The van der Waals surface area contributed by atoms with E-state index in [0.29, 0.717) is 12.8 Å². The van der Waals surface area contributed by atoms with Gasteiger partial charge in [-0.05, 0) is 12.8 Å². The van der Waals surface area contributed by atoms with Crippen LogP contribution in [-0.4, -0.2) is 79.4 Å². The van der Waals surface area contributed by atoms with E-state index in [2.05, 4.69) is 4.84 Å². The zero-order chi connectivity index (χ0) is 27.4. The molecule has 204 valence electrons.